The molecular formula is C18H17N3O5. The average Bonchev–Trinajstić information content (AvgIpc) is 2.62. The molecule has 0 aliphatic rings. The number of oxime groups is 1. The van der Waals surface area contributed by atoms with E-state index >= 15 is 0 Å². The van der Waals surface area contributed by atoms with Gasteiger partial charge in [-0.25, -0.2) is 0 Å². The van der Waals surface area contributed by atoms with Crippen LogP contribution in [0.2, 0.25) is 0 Å². The van der Waals surface area contributed by atoms with Crippen molar-refractivity contribution in [2.45, 2.75) is 20.0 Å². The summed E-state index contributed by atoms with van der Waals surface area (Å²) in [6.45, 7) is 2.92. The van der Waals surface area contributed by atoms with Crippen molar-refractivity contribution < 1.29 is 19.3 Å². The largest absolute Gasteiger partial charge is 0.383 e. The van der Waals surface area contributed by atoms with Gasteiger partial charge in [0.05, 0.1) is 16.7 Å². The van der Waals surface area contributed by atoms with Gasteiger partial charge in [0, 0.05) is 17.3 Å². The first-order valence-corrected chi connectivity index (χ1v) is 7.73. The van der Waals surface area contributed by atoms with Gasteiger partial charge in [0.2, 0.25) is 6.10 Å². The monoisotopic (exact) mass is 355 g/mol. The van der Waals surface area contributed by atoms with Gasteiger partial charge in [-0.1, -0.05) is 29.4 Å². The Hall–Kier alpha value is -3.55. The Bertz CT molecular complexity index is 863. The first-order chi connectivity index (χ1) is 12.4. The number of para-hydroxylation sites is 1. The van der Waals surface area contributed by atoms with E-state index < -0.39 is 16.9 Å². The molecule has 8 heteroatoms. The van der Waals surface area contributed by atoms with Gasteiger partial charge in [0.25, 0.3) is 11.6 Å². The molecule has 0 aromatic heterocycles. The topological polar surface area (TPSA) is 111 Å². The van der Waals surface area contributed by atoms with Crippen molar-refractivity contribution in [1.29, 1.82) is 0 Å². The van der Waals surface area contributed by atoms with Gasteiger partial charge in [-0.15, -0.1) is 0 Å². The van der Waals surface area contributed by atoms with E-state index in [4.69, 9.17) is 4.84 Å². The van der Waals surface area contributed by atoms with Crippen molar-refractivity contribution in [3.8, 4) is 0 Å². The number of hydrogen-bond acceptors (Lipinski definition) is 6. The molecule has 1 atom stereocenters. The normalized spacial score (nSPS) is 11.8. The molecule has 1 N–H and O–H groups in total. The number of nitro groups is 1. The SMILES string of the molecule is CC(=O)c1cccc(NC(=O)C(C)O/N=C/c2ccccc2[N+](=O)[O-])c1. The molecule has 26 heavy (non-hydrogen) atoms. The first kappa shape index (κ1) is 18.8. The van der Waals surface area contributed by atoms with Crippen LogP contribution in [0.25, 0.3) is 0 Å². The predicted molar refractivity (Wildman–Crippen MR) is 96.3 cm³/mol. The fraction of sp³-hybridized carbons (Fsp3) is 0.167. The summed E-state index contributed by atoms with van der Waals surface area (Å²) in [5, 5.41) is 17.2. The van der Waals surface area contributed by atoms with Crippen LogP contribution in [0.5, 0.6) is 0 Å². The highest BCUT2D eigenvalue weighted by molar-refractivity contribution is 5.98. The van der Waals surface area contributed by atoms with Crippen LogP contribution < -0.4 is 5.32 Å². The summed E-state index contributed by atoms with van der Waals surface area (Å²) in [4.78, 5) is 38.9. The van der Waals surface area contributed by atoms with E-state index in [-0.39, 0.29) is 17.0 Å². The molecule has 0 aliphatic heterocycles. The summed E-state index contributed by atoms with van der Waals surface area (Å²) in [7, 11) is 0. The van der Waals surface area contributed by atoms with Gasteiger partial charge in [0.1, 0.15) is 0 Å². The predicted octanol–water partition coefficient (Wildman–Crippen LogP) is 3.18. The molecule has 0 saturated heterocycles. The lowest BCUT2D eigenvalue weighted by Crippen LogP contribution is -2.26. The molecule has 0 radical (unpaired) electrons. The molecule has 134 valence electrons. The Balaban J connectivity index is 1.98. The summed E-state index contributed by atoms with van der Waals surface area (Å²) < 4.78 is 0. The second-order valence-corrected chi connectivity index (χ2v) is 5.42. The number of ketones is 1. The number of nitrogens with one attached hydrogen (secondary N) is 1. The molecule has 2 rings (SSSR count). The van der Waals surface area contributed by atoms with Crippen LogP contribution >= 0.6 is 0 Å². The summed E-state index contributed by atoms with van der Waals surface area (Å²) >= 11 is 0. The van der Waals surface area contributed by atoms with E-state index in [0.717, 1.165) is 0 Å². The molecule has 1 amide bonds. The third-order valence-electron chi connectivity index (χ3n) is 3.45. The van der Waals surface area contributed by atoms with E-state index in [1.54, 1.807) is 36.4 Å². The van der Waals surface area contributed by atoms with Crippen molar-refractivity contribution in [2.75, 3.05) is 5.32 Å². The molecule has 2 aromatic rings. The van der Waals surface area contributed by atoms with Gasteiger partial charge < -0.3 is 10.2 Å². The third kappa shape index (κ3) is 4.97. The number of Topliss-reactive ketones (excluding diaryl/α,β-unsaturated/α-hetero) is 1. The second-order valence-electron chi connectivity index (χ2n) is 5.42. The molecule has 0 heterocycles. The molecule has 8 nitrogen and oxygen atoms in total. The Morgan fingerprint density at radius 2 is 1.96 bits per heavy atom. The fourth-order valence-corrected chi connectivity index (χ4v) is 2.05. The first-order valence-electron chi connectivity index (χ1n) is 7.73. The van der Waals surface area contributed by atoms with E-state index in [1.807, 2.05) is 0 Å². The summed E-state index contributed by atoms with van der Waals surface area (Å²) in [5.74, 6) is -0.579. The summed E-state index contributed by atoms with van der Waals surface area (Å²) in [5.41, 5.74) is 1.09. The molecule has 0 spiro atoms. The van der Waals surface area contributed by atoms with E-state index in [0.29, 0.717) is 11.3 Å². The number of nitrogens with zero attached hydrogens (tertiary/aromatic N) is 2. The van der Waals surface area contributed by atoms with E-state index in [9.17, 15) is 19.7 Å². The van der Waals surface area contributed by atoms with Crippen LogP contribution in [0.15, 0.2) is 53.7 Å². The lowest BCUT2D eigenvalue weighted by molar-refractivity contribution is -0.385. The van der Waals surface area contributed by atoms with Gasteiger partial charge in [-0.2, -0.15) is 0 Å². The van der Waals surface area contributed by atoms with Crippen molar-refractivity contribution in [3.63, 3.8) is 0 Å². The maximum absolute atomic E-state index is 12.1. The van der Waals surface area contributed by atoms with Crippen LogP contribution in [0.3, 0.4) is 0 Å². The quantitative estimate of drug-likeness (QED) is 0.355. The number of carbonyl (C=O) groups is 2. The Kier molecular flexibility index (Phi) is 6.15. The zero-order valence-corrected chi connectivity index (χ0v) is 14.2. The minimum atomic E-state index is -0.935. The number of hydrogen-bond donors (Lipinski definition) is 1. The molecule has 0 saturated carbocycles. The average molecular weight is 355 g/mol. The Morgan fingerprint density at radius 3 is 2.65 bits per heavy atom. The van der Waals surface area contributed by atoms with Gasteiger partial charge >= 0.3 is 0 Å². The lowest BCUT2D eigenvalue weighted by Gasteiger charge is -2.11. The van der Waals surface area contributed by atoms with Crippen LogP contribution in [-0.2, 0) is 9.63 Å². The summed E-state index contributed by atoms with van der Waals surface area (Å²) in [6, 6.07) is 12.5. The minimum Gasteiger partial charge on any atom is -0.383 e. The minimum absolute atomic E-state index is 0.112. The van der Waals surface area contributed by atoms with E-state index in [1.165, 1.54) is 32.2 Å². The van der Waals surface area contributed by atoms with E-state index in [2.05, 4.69) is 10.5 Å². The highest BCUT2D eigenvalue weighted by Gasteiger charge is 2.15. The third-order valence-corrected chi connectivity index (χ3v) is 3.45. The number of nitro benzene ring substituents is 1. The maximum Gasteiger partial charge on any atom is 0.278 e. The van der Waals surface area contributed by atoms with Crippen LogP contribution in [0.4, 0.5) is 11.4 Å². The smallest absolute Gasteiger partial charge is 0.278 e. The summed E-state index contributed by atoms with van der Waals surface area (Å²) in [6.07, 6.45) is 0.244. The van der Waals surface area contributed by atoms with Crippen LogP contribution in [-0.4, -0.2) is 28.9 Å². The fourth-order valence-electron chi connectivity index (χ4n) is 2.05. The lowest BCUT2D eigenvalue weighted by atomic mass is 10.1. The standard InChI is InChI=1S/C18H17N3O5/c1-12(22)14-7-5-8-16(10-14)20-18(23)13(2)26-19-11-15-6-3-4-9-17(15)21(24)25/h3-11,13H,1-2H3,(H,20,23)/b19-11+. The van der Waals surface area contributed by atoms with Crippen LogP contribution in [0, 0.1) is 10.1 Å². The van der Waals surface area contributed by atoms with Crippen molar-refractivity contribution in [1.82, 2.24) is 0 Å². The van der Waals surface area contributed by atoms with Crippen molar-refractivity contribution in [2.24, 2.45) is 5.16 Å². The van der Waals surface area contributed by atoms with Crippen molar-refractivity contribution in [3.05, 3.63) is 69.8 Å². The molecule has 0 bridgehead atoms. The number of anilines is 1. The molecule has 0 aliphatic carbocycles. The molecule has 1 unspecified atom stereocenters. The van der Waals surface area contributed by atoms with Gasteiger partial charge in [-0.3, -0.25) is 19.7 Å². The van der Waals surface area contributed by atoms with Crippen molar-refractivity contribution >= 4 is 29.3 Å². The number of amides is 1. The second kappa shape index (κ2) is 8.52. The molecule has 2 aromatic carbocycles. The van der Waals surface area contributed by atoms with Gasteiger partial charge in [-0.05, 0) is 32.0 Å². The number of benzene rings is 2. The van der Waals surface area contributed by atoms with Crippen LogP contribution in [0.1, 0.15) is 29.8 Å². The Labute approximate surface area is 149 Å². The highest BCUT2D eigenvalue weighted by Crippen LogP contribution is 2.15. The van der Waals surface area contributed by atoms with Gasteiger partial charge in [0.15, 0.2) is 5.78 Å². The molecule has 0 fully saturated rings. The maximum atomic E-state index is 12.1. The Morgan fingerprint density at radius 1 is 1.23 bits per heavy atom. The highest BCUT2D eigenvalue weighted by atomic mass is 16.6. The number of rotatable bonds is 7. The zero-order valence-electron chi connectivity index (χ0n) is 14.2. The number of carbonyl (C=O) groups excluding carboxylic acids is 2. The zero-order chi connectivity index (χ0) is 19.1. The molecular weight excluding hydrogens is 338 g/mol.